The first kappa shape index (κ1) is 83.0. The molecule has 4 fully saturated rings. The lowest BCUT2D eigenvalue weighted by molar-refractivity contribution is -0.380. The van der Waals surface area contributed by atoms with Gasteiger partial charge in [0.05, 0.1) is 33.0 Å². The molecule has 4 rings (SSSR count). The monoisotopic (exact) mass is 1230 g/mol. The van der Waals surface area contributed by atoms with Crippen LogP contribution >= 0.6 is 0 Å². The summed E-state index contributed by atoms with van der Waals surface area (Å²) in [7, 11) is 67.6. The summed E-state index contributed by atoms with van der Waals surface area (Å²) in [4.78, 5) is 0. The SMILES string of the molecule is C.C#C.C#CC.C#CC#CC.C#CC#CC#C.CC#CC.OCC1OC(COC2OC(CO)C(OC3OC(CO)C(OC4OC(CO)C(O)C(O)C4O)C(O)C3O)C(O)C2O)C(O)C(O)C1O.[2HH].[2HH].[2HH].[2H][2H].[2H][2H].[2H][2H].[2H][2H].[2H][2H].[2H][2H].[2H][2H].[2H][2H].[2H][2H].[B].[B]B([B])B([B])[B].[B]B([B])[B].[B][B].[B][B]B([B])[B].[B][B][B]. The van der Waals surface area contributed by atoms with Crippen LogP contribution in [0, 0.1) is 97.7 Å². The lowest BCUT2D eigenvalue weighted by Crippen LogP contribution is -2.66. The van der Waals surface area contributed by atoms with Crippen LogP contribution in [0.2, 0.25) is 0 Å². The number of hydrogen-bond donors (Lipinski definition) is 14. The second kappa shape index (κ2) is 66.9. The highest BCUT2D eigenvalue weighted by Crippen LogP contribution is 2.33. The Morgan fingerprint density at radius 2 is 0.727 bits per heavy atom. The van der Waals surface area contributed by atoms with Gasteiger partial charge >= 0.3 is 0 Å². The Morgan fingerprint density at radius 3 is 0.989 bits per heavy atom. The molecular weight excluding hydrogens is 1120 g/mol. The van der Waals surface area contributed by atoms with E-state index < -0.39 is 181 Å². The smallest absolute Gasteiger partial charge is 0.187 e. The molecule has 0 amide bonds. The first-order valence-corrected chi connectivity index (χ1v) is 24.6. The van der Waals surface area contributed by atoms with Crippen molar-refractivity contribution in [3.05, 3.63) is 0 Å². The van der Waals surface area contributed by atoms with Crippen molar-refractivity contribution in [2.45, 2.75) is 158 Å². The molecule has 33 radical (unpaired) electrons. The molecule has 4 heterocycles. The summed E-state index contributed by atoms with van der Waals surface area (Å²) in [5.74, 6) is 23.3. The van der Waals surface area contributed by atoms with Crippen LogP contribution in [-0.4, -0.2) is 384 Å². The van der Waals surface area contributed by atoms with Crippen LogP contribution in [0.4, 0.5) is 0 Å². The Balaban J connectivity index is -0.0000000532. The third-order valence-corrected chi connectivity index (χ3v) is 9.81. The van der Waals surface area contributed by atoms with E-state index in [-0.39, 0.29) is 20.1 Å². The maximum Gasteiger partial charge on any atom is 0.187 e. The minimum atomic E-state index is -2.00. The standard InChI is InChI=1S/C25H44O21.C6H2.C5H4.C4H6.C3H4.C2H2.CH4.B6.B5.B4.B3.B2.B.12H2/c26-1-6-11(30)14(33)13(32)10(41-6)5-40-23-19(38)16(35)21(8(3-28)43-23)46-25-20(39)17(36)22(9(4-29)44-25)45-24-18(37)15(34)12(31)7(2-27)42-24;1-3-5-6-4-2;1-3-5-4-2;1-3-4-2;1-3-2;1-2;;1-5(2)6(3)4;1-4-5(2)3;1-4(2)3;1-3-2;1-2;;;;;;;;;;;;;/h6-39H,1-5H2;1-2H;1H,2H3;1-2H3;1H,2H3;1-2H;1H4;;;;;;;12*1H/i;;;;;;;;;;;;;9*1+1D;3*1+1. The minimum Gasteiger partial charge on any atom is -0.394 e. The summed E-state index contributed by atoms with van der Waals surface area (Å²) < 4.78 is 128. The third kappa shape index (κ3) is 46.1. The van der Waals surface area contributed by atoms with E-state index in [4.69, 9.17) is 133 Å². The predicted octanol–water partition coefficient (Wildman–Crippen LogP) is -11.3. The van der Waals surface area contributed by atoms with Crippen LogP contribution in [0.15, 0.2) is 0 Å². The molecule has 4 saturated heterocycles. The fraction of sp³-hybridized carbons (Fsp3) is 0.652. The highest BCUT2D eigenvalue weighted by molar-refractivity contribution is 7.76. The highest BCUT2D eigenvalue weighted by atomic mass is 16.8. The van der Waals surface area contributed by atoms with Gasteiger partial charge in [0.25, 0.3) is 0 Å². The van der Waals surface area contributed by atoms with E-state index in [1.807, 2.05) is 13.8 Å². The van der Waals surface area contributed by atoms with E-state index in [1.165, 1.54) is 7.06 Å². The fourth-order valence-electron chi connectivity index (χ4n) is 5.83. The Bertz CT molecular complexity index is 2070. The van der Waals surface area contributed by atoms with Crippen molar-refractivity contribution in [2.75, 3.05) is 33.0 Å². The minimum absolute atomic E-state index is 0. The number of rotatable bonds is 13. The van der Waals surface area contributed by atoms with Gasteiger partial charge in [-0.2, -0.15) is 0 Å². The van der Waals surface area contributed by atoms with Crippen molar-refractivity contribution in [3.63, 3.8) is 0 Å². The molecule has 4 aliphatic rings. The quantitative estimate of drug-likeness (QED) is 0.0602. The fourth-order valence-corrected chi connectivity index (χ4v) is 5.83. The summed E-state index contributed by atoms with van der Waals surface area (Å²) in [6.45, 7) is 3.21. The number of aliphatic hydroxyl groups is 14. The van der Waals surface area contributed by atoms with E-state index in [0.717, 1.165) is 7.06 Å². The zero-order valence-corrected chi connectivity index (χ0v) is 48.8. The number of terminal acetylenes is 5. The predicted molar refractivity (Wildman–Crippen MR) is 383 cm³/mol. The maximum atomic E-state index is 10.8. The van der Waals surface area contributed by atoms with E-state index in [0.29, 0.717) is 0 Å². The second-order valence-corrected chi connectivity index (χ2v) is 16.1. The number of ether oxygens (including phenoxy) is 7. The van der Waals surface area contributed by atoms with Crippen LogP contribution in [0.5, 0.6) is 0 Å². The number of hydrogen-bond acceptors (Lipinski definition) is 21. The Labute approximate surface area is 579 Å². The average Bonchev–Trinajstić information content (AvgIpc) is 0.783. The second-order valence-electron chi connectivity index (χ2n) is 16.1. The average molecular weight is 1230 g/mol. The largest absolute Gasteiger partial charge is 0.394 e. The van der Waals surface area contributed by atoms with Gasteiger partial charge in [-0.3, -0.25) is 0 Å². The van der Waals surface area contributed by atoms with Gasteiger partial charge in [-0.1, -0.05) is 13.3 Å². The normalized spacial score (nSPS) is 30.0. The molecular formula is C46H90B21O21. The van der Waals surface area contributed by atoms with Crippen LogP contribution in [0.3, 0.4) is 0 Å². The van der Waals surface area contributed by atoms with Crippen molar-refractivity contribution in [1.29, 1.82) is 0 Å². The molecule has 0 spiro atoms. The molecule has 0 saturated carbocycles. The zero-order valence-electron chi connectivity index (χ0n) is 66.8. The third-order valence-electron chi connectivity index (χ3n) is 9.81. The molecule has 0 aliphatic carbocycles. The van der Waals surface area contributed by atoms with Gasteiger partial charge in [-0.25, -0.2) is 0 Å². The van der Waals surface area contributed by atoms with Crippen LogP contribution in [-0.2, 0) is 33.2 Å². The van der Waals surface area contributed by atoms with Gasteiger partial charge in [0, 0.05) is 187 Å². The van der Waals surface area contributed by atoms with E-state index >= 15 is 0 Å². The Kier molecular flexibility index (Phi) is 63.1. The molecule has 0 bridgehead atoms. The molecule has 42 heteroatoms. The van der Waals surface area contributed by atoms with Gasteiger partial charge in [0.1, 0.15) is 104 Å². The van der Waals surface area contributed by atoms with Crippen LogP contribution in [0.25, 0.3) is 0 Å². The molecule has 0 aromatic carbocycles. The molecule has 0 aromatic heterocycles. The van der Waals surface area contributed by atoms with Gasteiger partial charge in [0.2, 0.25) is 0 Å². The van der Waals surface area contributed by atoms with Gasteiger partial charge in [0.15, 0.2) is 18.9 Å². The molecule has 0 aromatic rings. The molecule has 88 heavy (non-hydrogen) atoms. The molecule has 14 N–H and O–H groups in total. The van der Waals surface area contributed by atoms with Crippen LogP contribution < -0.4 is 0 Å². The summed E-state index contributed by atoms with van der Waals surface area (Å²) in [6, 6.07) is 0. The van der Waals surface area contributed by atoms with Gasteiger partial charge in [-0.15, -0.1) is 56.3 Å². The molecule has 21 nitrogen and oxygen atoms in total. The summed E-state index contributed by atoms with van der Waals surface area (Å²) in [5, 5.41) is 142. The Hall–Kier alpha value is -3.00. The molecule has 4 aliphatic heterocycles. The lowest BCUT2D eigenvalue weighted by Gasteiger charge is -2.48. The van der Waals surface area contributed by atoms with Crippen molar-refractivity contribution < 1.29 is 136 Å². The summed E-state index contributed by atoms with van der Waals surface area (Å²) >= 11 is 0. The van der Waals surface area contributed by atoms with E-state index in [9.17, 15) is 71.5 Å². The van der Waals surface area contributed by atoms with Crippen molar-refractivity contribution in [1.82, 2.24) is 0 Å². The summed E-state index contributed by atoms with van der Waals surface area (Å²) in [5.41, 5.74) is 0. The lowest BCUT2D eigenvalue weighted by atomic mass is 8.81. The molecule has 20 unspecified atom stereocenters. The first-order chi connectivity index (χ1) is 49.5. The van der Waals surface area contributed by atoms with E-state index in [1.54, 1.807) is 13.8 Å². The first-order valence-electron chi connectivity index (χ1n) is 33.6. The molecule has 20 atom stereocenters. The van der Waals surface area contributed by atoms with Gasteiger partial charge < -0.3 is 105 Å². The van der Waals surface area contributed by atoms with E-state index in [2.05, 4.69) is 133 Å². The van der Waals surface area contributed by atoms with Gasteiger partial charge in [-0.05, 0) is 63.2 Å². The highest BCUT2D eigenvalue weighted by Gasteiger charge is 2.54. The molecule has 463 valence electrons. The van der Waals surface area contributed by atoms with Crippen molar-refractivity contribution >= 4 is 156 Å². The zero-order chi connectivity index (χ0) is 86.8. The maximum absolute atomic E-state index is 10.8. The number of aliphatic hydroxyl groups excluding tert-OH is 14. The van der Waals surface area contributed by atoms with Crippen LogP contribution in [0.1, 0.15) is 66.1 Å². The summed E-state index contributed by atoms with van der Waals surface area (Å²) in [6.07, 6.45) is -9.26. The topological polar surface area (TPSA) is 348 Å². The van der Waals surface area contributed by atoms with Crippen molar-refractivity contribution in [2.24, 2.45) is 0 Å². The van der Waals surface area contributed by atoms with Crippen molar-refractivity contribution in [3.8, 4) is 97.7 Å². The Morgan fingerprint density at radius 1 is 0.466 bits per heavy atom.